The van der Waals surface area contributed by atoms with E-state index in [1.165, 1.54) is 12.1 Å². The number of sulfonamides is 1. The van der Waals surface area contributed by atoms with E-state index in [1.54, 1.807) is 0 Å². The van der Waals surface area contributed by atoms with Crippen molar-refractivity contribution >= 4 is 10.0 Å². The van der Waals surface area contributed by atoms with E-state index < -0.39 is 21.8 Å². The monoisotopic (exact) mass is 310 g/mol. The highest BCUT2D eigenvalue weighted by Gasteiger charge is 2.37. The number of halogens is 3. The Kier molecular flexibility index (Phi) is 3.94. The summed E-state index contributed by atoms with van der Waals surface area (Å²) in [5, 5.41) is -0.304. The largest absolute Gasteiger partial charge is 0.447 e. The Balaban J connectivity index is 2.19. The zero-order valence-corrected chi connectivity index (χ0v) is 11.2. The molecule has 1 aromatic heterocycles. The molecule has 0 saturated carbocycles. The third-order valence-corrected chi connectivity index (χ3v) is 4.71. The van der Waals surface area contributed by atoms with E-state index in [2.05, 4.69) is 0 Å². The molecule has 0 fully saturated rings. The lowest BCUT2D eigenvalue weighted by molar-refractivity contribution is -0.0953. The fourth-order valence-corrected chi connectivity index (χ4v) is 3.17. The first-order valence-electron chi connectivity index (χ1n) is 5.80. The summed E-state index contributed by atoms with van der Waals surface area (Å²) in [6, 6.07) is 2.67. The number of hydrogen-bond donors (Lipinski definition) is 1. The number of furan rings is 1. The van der Waals surface area contributed by atoms with Gasteiger partial charge in [0.15, 0.2) is 0 Å². The quantitative estimate of drug-likeness (QED) is 0.861. The van der Waals surface area contributed by atoms with Crippen LogP contribution in [-0.4, -0.2) is 32.0 Å². The molecule has 0 saturated heterocycles. The van der Waals surface area contributed by atoms with Crippen molar-refractivity contribution in [2.75, 3.05) is 13.1 Å². The van der Waals surface area contributed by atoms with Gasteiger partial charge in [-0.1, -0.05) is 6.08 Å². The summed E-state index contributed by atoms with van der Waals surface area (Å²) in [5.41, 5.74) is 4.61. The standard InChI is InChI=1S/C11H13F3N2O3S/c12-11(13,14)8-3-5-16(6-4-8)20(17,18)10-2-1-9(7-15)19-10/h1-3H,4-7,15H2. The molecule has 0 spiro atoms. The molecule has 0 atom stereocenters. The van der Waals surface area contributed by atoms with Gasteiger partial charge in [0.1, 0.15) is 5.76 Å². The maximum Gasteiger partial charge on any atom is 0.412 e. The van der Waals surface area contributed by atoms with Crippen LogP contribution in [0.25, 0.3) is 0 Å². The molecule has 0 amide bonds. The lowest BCUT2D eigenvalue weighted by atomic mass is 10.1. The molecule has 0 bridgehead atoms. The van der Waals surface area contributed by atoms with Crippen molar-refractivity contribution in [3.8, 4) is 0 Å². The topological polar surface area (TPSA) is 76.5 Å². The second-order valence-electron chi connectivity index (χ2n) is 4.27. The lowest BCUT2D eigenvalue weighted by Gasteiger charge is -2.25. The summed E-state index contributed by atoms with van der Waals surface area (Å²) >= 11 is 0. The minimum atomic E-state index is -4.41. The second-order valence-corrected chi connectivity index (χ2v) is 6.13. The van der Waals surface area contributed by atoms with Gasteiger partial charge in [-0.3, -0.25) is 0 Å². The predicted octanol–water partition coefficient (Wildman–Crippen LogP) is 1.62. The van der Waals surface area contributed by atoms with Gasteiger partial charge < -0.3 is 10.2 Å². The van der Waals surface area contributed by atoms with Gasteiger partial charge in [-0.25, -0.2) is 8.42 Å². The fourth-order valence-electron chi connectivity index (χ4n) is 1.86. The summed E-state index contributed by atoms with van der Waals surface area (Å²) < 4.78 is 67.7. The van der Waals surface area contributed by atoms with Gasteiger partial charge in [0.2, 0.25) is 5.09 Å². The Morgan fingerprint density at radius 3 is 2.50 bits per heavy atom. The summed E-state index contributed by atoms with van der Waals surface area (Å²) in [7, 11) is -3.92. The van der Waals surface area contributed by atoms with E-state index in [0.29, 0.717) is 5.76 Å². The van der Waals surface area contributed by atoms with Crippen LogP contribution in [0.15, 0.2) is 33.3 Å². The molecule has 1 aliphatic heterocycles. The van der Waals surface area contributed by atoms with Gasteiger partial charge in [-0.05, 0) is 18.6 Å². The van der Waals surface area contributed by atoms with Crippen LogP contribution < -0.4 is 5.73 Å². The van der Waals surface area contributed by atoms with Crippen LogP contribution in [-0.2, 0) is 16.6 Å². The maximum atomic E-state index is 12.5. The van der Waals surface area contributed by atoms with Crippen molar-refractivity contribution < 1.29 is 26.0 Å². The summed E-state index contributed by atoms with van der Waals surface area (Å²) in [4.78, 5) is 0. The molecule has 20 heavy (non-hydrogen) atoms. The van der Waals surface area contributed by atoms with Crippen molar-refractivity contribution in [1.82, 2.24) is 4.31 Å². The van der Waals surface area contributed by atoms with Gasteiger partial charge >= 0.3 is 6.18 Å². The van der Waals surface area contributed by atoms with Crippen molar-refractivity contribution in [1.29, 1.82) is 0 Å². The van der Waals surface area contributed by atoms with Crippen molar-refractivity contribution in [3.63, 3.8) is 0 Å². The molecular weight excluding hydrogens is 297 g/mol. The number of rotatable bonds is 3. The van der Waals surface area contributed by atoms with E-state index in [0.717, 1.165) is 10.4 Å². The number of nitrogens with two attached hydrogens (primary N) is 1. The fraction of sp³-hybridized carbons (Fsp3) is 0.455. The Bertz CT molecular complexity index is 619. The van der Waals surface area contributed by atoms with Crippen molar-refractivity contribution in [2.24, 2.45) is 5.73 Å². The average molecular weight is 310 g/mol. The zero-order valence-electron chi connectivity index (χ0n) is 10.4. The van der Waals surface area contributed by atoms with Gasteiger partial charge in [0.25, 0.3) is 10.0 Å². The number of alkyl halides is 3. The molecule has 1 aromatic rings. The van der Waals surface area contributed by atoms with E-state index in [1.807, 2.05) is 0 Å². The first kappa shape index (κ1) is 15.1. The van der Waals surface area contributed by atoms with Gasteiger partial charge in [0, 0.05) is 18.7 Å². The van der Waals surface area contributed by atoms with E-state index in [-0.39, 0.29) is 31.1 Å². The highest BCUT2D eigenvalue weighted by molar-refractivity contribution is 7.89. The van der Waals surface area contributed by atoms with E-state index in [9.17, 15) is 21.6 Å². The third-order valence-electron chi connectivity index (χ3n) is 2.97. The van der Waals surface area contributed by atoms with Crippen LogP contribution in [0.4, 0.5) is 13.2 Å². The van der Waals surface area contributed by atoms with Crippen LogP contribution in [0.1, 0.15) is 12.2 Å². The Morgan fingerprint density at radius 1 is 1.35 bits per heavy atom. The van der Waals surface area contributed by atoms with E-state index >= 15 is 0 Å². The Labute approximate surface area is 113 Å². The highest BCUT2D eigenvalue weighted by atomic mass is 32.2. The zero-order chi connectivity index (χ0) is 15.0. The molecule has 9 heteroatoms. The summed E-state index contributed by atoms with van der Waals surface area (Å²) in [5.74, 6) is 0.298. The Morgan fingerprint density at radius 2 is 2.05 bits per heavy atom. The van der Waals surface area contributed by atoms with Crippen LogP contribution in [0.2, 0.25) is 0 Å². The molecule has 0 unspecified atom stereocenters. The molecule has 2 rings (SSSR count). The molecule has 5 nitrogen and oxygen atoms in total. The molecule has 2 N–H and O–H groups in total. The second kappa shape index (κ2) is 5.23. The number of hydrogen-bond acceptors (Lipinski definition) is 4. The number of nitrogens with zero attached hydrogens (tertiary/aromatic N) is 1. The summed E-state index contributed by atoms with van der Waals surface area (Å²) in [6.07, 6.45) is -3.89. The van der Waals surface area contributed by atoms with Crippen molar-refractivity contribution in [3.05, 3.63) is 29.5 Å². The average Bonchev–Trinajstić information content (AvgIpc) is 2.87. The van der Waals surface area contributed by atoms with Gasteiger partial charge in [0.05, 0.1) is 6.54 Å². The summed E-state index contributed by atoms with van der Waals surface area (Å²) in [6.45, 7) is -0.504. The smallest absolute Gasteiger partial charge is 0.412 e. The van der Waals surface area contributed by atoms with Crippen LogP contribution in [0.3, 0.4) is 0 Å². The normalized spacial score (nSPS) is 18.1. The SMILES string of the molecule is NCc1ccc(S(=O)(=O)N2CC=C(C(F)(F)F)CC2)o1. The van der Waals surface area contributed by atoms with Crippen LogP contribution in [0.5, 0.6) is 0 Å². The molecule has 2 heterocycles. The van der Waals surface area contributed by atoms with Crippen molar-refractivity contribution in [2.45, 2.75) is 24.2 Å². The Hall–Kier alpha value is -1.32. The molecule has 112 valence electrons. The molecule has 0 radical (unpaired) electrons. The molecule has 1 aliphatic rings. The molecule has 0 aliphatic carbocycles. The predicted molar refractivity (Wildman–Crippen MR) is 64.1 cm³/mol. The van der Waals surface area contributed by atoms with Gasteiger partial charge in [-0.15, -0.1) is 0 Å². The van der Waals surface area contributed by atoms with Crippen LogP contribution >= 0.6 is 0 Å². The third kappa shape index (κ3) is 2.89. The minimum Gasteiger partial charge on any atom is -0.447 e. The van der Waals surface area contributed by atoms with E-state index in [4.69, 9.17) is 10.2 Å². The molecule has 0 aromatic carbocycles. The first-order chi connectivity index (χ1) is 9.25. The molecular formula is C11H13F3N2O3S. The van der Waals surface area contributed by atoms with Gasteiger partial charge in [-0.2, -0.15) is 17.5 Å². The lowest BCUT2D eigenvalue weighted by Crippen LogP contribution is -2.36. The minimum absolute atomic E-state index is 0.0493. The maximum absolute atomic E-state index is 12.5. The van der Waals surface area contributed by atoms with Crippen LogP contribution in [0, 0.1) is 0 Å². The highest BCUT2D eigenvalue weighted by Crippen LogP contribution is 2.31. The first-order valence-corrected chi connectivity index (χ1v) is 7.24.